The molecule has 2 aliphatic rings. The number of carbonyl (C=O) groups excluding carboxylic acids is 2. The molecule has 2 saturated heterocycles. The third-order valence-electron chi connectivity index (χ3n) is 6.78. The predicted octanol–water partition coefficient (Wildman–Crippen LogP) is 3.32. The number of hydrogen-bond acceptors (Lipinski definition) is 6. The molecule has 9 nitrogen and oxygen atoms in total. The SMILES string of the molecule is COC(=O)NCCO[C@@H](c1cccc(Cl)c1)[C@@H]1CCCN(C(=O)N[C@@H](CN)CC2CCOCC2)C1. The first kappa shape index (κ1) is 27.5. The molecule has 35 heavy (non-hydrogen) atoms. The zero-order valence-electron chi connectivity index (χ0n) is 20.5. The second-order valence-electron chi connectivity index (χ2n) is 9.29. The fourth-order valence-corrected chi connectivity index (χ4v) is 5.10. The van der Waals surface area contributed by atoms with E-state index in [2.05, 4.69) is 15.4 Å². The Morgan fingerprint density at radius 1 is 1.29 bits per heavy atom. The molecule has 196 valence electrons. The van der Waals surface area contributed by atoms with Crippen molar-refractivity contribution >= 4 is 23.7 Å². The molecule has 4 N–H and O–H groups in total. The fraction of sp³-hybridized carbons (Fsp3) is 0.680. The zero-order valence-corrected chi connectivity index (χ0v) is 21.3. The summed E-state index contributed by atoms with van der Waals surface area (Å²) in [5.41, 5.74) is 6.96. The molecule has 0 bridgehead atoms. The maximum Gasteiger partial charge on any atom is 0.406 e. The van der Waals surface area contributed by atoms with Crippen LogP contribution in [-0.4, -0.2) is 76.2 Å². The number of methoxy groups -OCH3 is 1. The number of nitrogens with zero attached hydrogens (tertiary/aromatic N) is 1. The summed E-state index contributed by atoms with van der Waals surface area (Å²) in [5.74, 6) is 0.629. The van der Waals surface area contributed by atoms with Crippen molar-refractivity contribution in [1.82, 2.24) is 15.5 Å². The average Bonchev–Trinajstić information content (AvgIpc) is 2.88. The van der Waals surface area contributed by atoms with Crippen LogP contribution in [0.2, 0.25) is 5.02 Å². The van der Waals surface area contributed by atoms with Crippen LogP contribution in [0, 0.1) is 11.8 Å². The van der Waals surface area contributed by atoms with Crippen molar-refractivity contribution < 1.29 is 23.8 Å². The van der Waals surface area contributed by atoms with Gasteiger partial charge in [-0.3, -0.25) is 0 Å². The molecule has 0 saturated carbocycles. The van der Waals surface area contributed by atoms with E-state index < -0.39 is 6.09 Å². The van der Waals surface area contributed by atoms with Gasteiger partial charge in [0.2, 0.25) is 0 Å². The summed E-state index contributed by atoms with van der Waals surface area (Å²) >= 11 is 6.26. The van der Waals surface area contributed by atoms with Crippen LogP contribution < -0.4 is 16.4 Å². The second kappa shape index (κ2) is 14.5. The van der Waals surface area contributed by atoms with E-state index in [9.17, 15) is 9.59 Å². The monoisotopic (exact) mass is 510 g/mol. The first-order valence-corrected chi connectivity index (χ1v) is 12.9. The summed E-state index contributed by atoms with van der Waals surface area (Å²) in [6, 6.07) is 7.49. The number of carbonyl (C=O) groups is 2. The third-order valence-corrected chi connectivity index (χ3v) is 7.01. The van der Waals surface area contributed by atoms with E-state index in [4.69, 9.17) is 26.8 Å². The van der Waals surface area contributed by atoms with Gasteiger partial charge >= 0.3 is 12.1 Å². The van der Waals surface area contributed by atoms with Crippen LogP contribution in [0.1, 0.15) is 43.8 Å². The van der Waals surface area contributed by atoms with Gasteiger partial charge in [0, 0.05) is 56.4 Å². The third kappa shape index (κ3) is 8.83. The number of rotatable bonds is 10. The molecule has 0 radical (unpaired) electrons. The minimum absolute atomic E-state index is 0.0460. The molecule has 2 aliphatic heterocycles. The quantitative estimate of drug-likeness (QED) is 0.416. The molecule has 0 unspecified atom stereocenters. The van der Waals surface area contributed by atoms with Crippen molar-refractivity contribution in [2.45, 2.75) is 44.2 Å². The Balaban J connectivity index is 1.60. The standard InChI is InChI=1S/C25H39ClN4O5/c1-33-25(32)28-9-13-35-23(19-4-2-6-21(26)15-19)20-5-3-10-30(17-20)24(31)29-22(16-27)14-18-7-11-34-12-8-18/h2,4,6,15,18,20,22-23H,3,5,7-14,16-17,27H2,1H3,(H,28,32)(H,29,31)/t20-,22-,23+/m1/s1. The van der Waals surface area contributed by atoms with Gasteiger partial charge in [0.1, 0.15) is 0 Å². The Labute approximate surface area is 213 Å². The summed E-state index contributed by atoms with van der Waals surface area (Å²) in [5, 5.41) is 6.43. The molecule has 10 heteroatoms. The number of amides is 3. The van der Waals surface area contributed by atoms with Gasteiger partial charge in [-0.2, -0.15) is 0 Å². The van der Waals surface area contributed by atoms with Crippen LogP contribution in [0.25, 0.3) is 0 Å². The molecule has 3 rings (SSSR count). The van der Waals surface area contributed by atoms with Crippen LogP contribution in [0.15, 0.2) is 24.3 Å². The molecular weight excluding hydrogens is 472 g/mol. The molecule has 0 aliphatic carbocycles. The minimum atomic E-state index is -0.497. The number of nitrogens with two attached hydrogens (primary N) is 1. The number of hydrogen-bond donors (Lipinski definition) is 3. The van der Waals surface area contributed by atoms with Crippen LogP contribution in [0.5, 0.6) is 0 Å². The lowest BCUT2D eigenvalue weighted by atomic mass is 9.88. The van der Waals surface area contributed by atoms with Crippen molar-refractivity contribution in [2.75, 3.05) is 53.1 Å². The lowest BCUT2D eigenvalue weighted by Gasteiger charge is -2.38. The lowest BCUT2D eigenvalue weighted by Crippen LogP contribution is -2.51. The number of halogens is 1. The van der Waals surface area contributed by atoms with Crippen LogP contribution in [0.4, 0.5) is 9.59 Å². The highest BCUT2D eigenvalue weighted by Gasteiger charge is 2.32. The zero-order chi connectivity index (χ0) is 25.0. The molecule has 1 aromatic carbocycles. The van der Waals surface area contributed by atoms with Gasteiger partial charge in [0.25, 0.3) is 0 Å². The van der Waals surface area contributed by atoms with Gasteiger partial charge < -0.3 is 35.5 Å². The van der Waals surface area contributed by atoms with Crippen molar-refractivity contribution in [3.05, 3.63) is 34.9 Å². The summed E-state index contributed by atoms with van der Waals surface area (Å²) < 4.78 is 16.3. The van der Waals surface area contributed by atoms with Crippen molar-refractivity contribution in [3.63, 3.8) is 0 Å². The number of urea groups is 1. The Bertz CT molecular complexity index is 808. The number of alkyl carbamates (subject to hydrolysis) is 1. The molecule has 3 atom stereocenters. The van der Waals surface area contributed by atoms with E-state index in [1.807, 2.05) is 29.2 Å². The molecule has 2 fully saturated rings. The summed E-state index contributed by atoms with van der Waals surface area (Å²) in [6.07, 6.45) is 3.97. The normalized spacial score (nSPS) is 20.7. The Kier molecular flexibility index (Phi) is 11.4. The predicted molar refractivity (Wildman–Crippen MR) is 134 cm³/mol. The van der Waals surface area contributed by atoms with Crippen molar-refractivity contribution in [1.29, 1.82) is 0 Å². The van der Waals surface area contributed by atoms with Crippen LogP contribution in [0.3, 0.4) is 0 Å². The molecule has 0 aromatic heterocycles. The molecule has 0 spiro atoms. The molecule has 2 heterocycles. The first-order chi connectivity index (χ1) is 17.0. The highest BCUT2D eigenvalue weighted by atomic mass is 35.5. The Morgan fingerprint density at radius 2 is 2.09 bits per heavy atom. The van der Waals surface area contributed by atoms with Gasteiger partial charge in [0.05, 0.1) is 19.8 Å². The van der Waals surface area contributed by atoms with E-state index in [1.54, 1.807) is 0 Å². The highest BCUT2D eigenvalue weighted by Crippen LogP contribution is 2.34. The van der Waals surface area contributed by atoms with Crippen LogP contribution in [-0.2, 0) is 14.2 Å². The van der Waals surface area contributed by atoms with Gasteiger partial charge in [0.15, 0.2) is 0 Å². The van der Waals surface area contributed by atoms with E-state index in [0.717, 1.165) is 50.9 Å². The number of ether oxygens (including phenoxy) is 3. The van der Waals surface area contributed by atoms with Gasteiger partial charge in [-0.15, -0.1) is 0 Å². The second-order valence-corrected chi connectivity index (χ2v) is 9.72. The van der Waals surface area contributed by atoms with E-state index >= 15 is 0 Å². The minimum Gasteiger partial charge on any atom is -0.453 e. The highest BCUT2D eigenvalue weighted by molar-refractivity contribution is 6.30. The lowest BCUT2D eigenvalue weighted by molar-refractivity contribution is -0.00867. The number of piperidine rings is 1. The van der Waals surface area contributed by atoms with E-state index in [0.29, 0.717) is 43.7 Å². The van der Waals surface area contributed by atoms with Gasteiger partial charge in [-0.05, 0) is 55.7 Å². The van der Waals surface area contributed by atoms with Gasteiger partial charge in [-0.1, -0.05) is 23.7 Å². The van der Waals surface area contributed by atoms with E-state index in [1.165, 1.54) is 7.11 Å². The summed E-state index contributed by atoms with van der Waals surface area (Å²) in [6.45, 7) is 3.89. The Morgan fingerprint density at radius 3 is 2.80 bits per heavy atom. The number of benzene rings is 1. The smallest absolute Gasteiger partial charge is 0.406 e. The first-order valence-electron chi connectivity index (χ1n) is 12.5. The van der Waals surface area contributed by atoms with Crippen molar-refractivity contribution in [3.8, 4) is 0 Å². The summed E-state index contributed by atoms with van der Waals surface area (Å²) in [4.78, 5) is 26.4. The fourth-order valence-electron chi connectivity index (χ4n) is 4.91. The largest absolute Gasteiger partial charge is 0.453 e. The number of likely N-dealkylation sites (tertiary alicyclic amines) is 1. The van der Waals surface area contributed by atoms with Crippen molar-refractivity contribution in [2.24, 2.45) is 17.6 Å². The Hall–Kier alpha value is -2.07. The van der Waals surface area contributed by atoms with Crippen LogP contribution >= 0.6 is 11.6 Å². The molecule has 1 aromatic rings. The molecule has 3 amide bonds. The average molecular weight is 511 g/mol. The molecular formula is C25H39ClN4O5. The maximum absolute atomic E-state index is 13.1. The van der Waals surface area contributed by atoms with Gasteiger partial charge in [-0.25, -0.2) is 9.59 Å². The maximum atomic E-state index is 13.1. The summed E-state index contributed by atoms with van der Waals surface area (Å²) in [7, 11) is 1.32. The van der Waals surface area contributed by atoms with E-state index in [-0.39, 0.29) is 24.1 Å². The topological polar surface area (TPSA) is 115 Å². The number of nitrogens with one attached hydrogen (secondary N) is 2.